The molecule has 0 N–H and O–H groups in total. The van der Waals surface area contributed by atoms with E-state index in [-0.39, 0.29) is 11.8 Å². The van der Waals surface area contributed by atoms with Crippen LogP contribution in [0.5, 0.6) is 11.5 Å². The van der Waals surface area contributed by atoms with Gasteiger partial charge in [-0.3, -0.25) is 0 Å². The van der Waals surface area contributed by atoms with Crippen LogP contribution in [-0.4, -0.2) is 49.1 Å². The van der Waals surface area contributed by atoms with Crippen molar-refractivity contribution in [1.82, 2.24) is 34.9 Å². The minimum atomic E-state index is 0.192. The second kappa shape index (κ2) is 8.27. The maximum absolute atomic E-state index is 5.44. The van der Waals surface area contributed by atoms with E-state index in [4.69, 9.17) is 14.0 Å². The summed E-state index contributed by atoms with van der Waals surface area (Å²) >= 11 is 0. The summed E-state index contributed by atoms with van der Waals surface area (Å²) in [5.41, 5.74) is 1.98. The molecule has 4 aromatic rings. The lowest BCUT2D eigenvalue weighted by Crippen LogP contribution is -2.09. The smallest absolute Gasteiger partial charge is 0.230 e. The van der Waals surface area contributed by atoms with Crippen molar-refractivity contribution < 1.29 is 14.0 Å². The first-order valence-corrected chi connectivity index (χ1v) is 10.7. The minimum Gasteiger partial charge on any atom is -0.493 e. The van der Waals surface area contributed by atoms with Crippen molar-refractivity contribution in [3.63, 3.8) is 0 Å². The van der Waals surface area contributed by atoms with Crippen molar-refractivity contribution in [3.8, 4) is 17.3 Å². The van der Waals surface area contributed by atoms with Crippen LogP contribution in [0.4, 0.5) is 0 Å². The Balaban J connectivity index is 1.45. The lowest BCUT2D eigenvalue weighted by atomic mass is 10.1. The Morgan fingerprint density at radius 1 is 0.909 bits per heavy atom. The number of methoxy groups -OCH3 is 2. The first-order valence-electron chi connectivity index (χ1n) is 10.7. The van der Waals surface area contributed by atoms with E-state index in [1.54, 1.807) is 18.9 Å². The molecule has 2 unspecified atom stereocenters. The molecule has 1 aliphatic carbocycles. The van der Waals surface area contributed by atoms with Crippen molar-refractivity contribution in [3.05, 3.63) is 64.7 Å². The predicted octanol–water partition coefficient (Wildman–Crippen LogP) is 3.24. The molecule has 0 spiro atoms. The number of ether oxygens (including phenoxy) is 2. The van der Waals surface area contributed by atoms with Crippen LogP contribution in [-0.2, 0) is 6.42 Å². The summed E-state index contributed by atoms with van der Waals surface area (Å²) < 4.78 is 17.9. The summed E-state index contributed by atoms with van der Waals surface area (Å²) in [6.07, 6.45) is 1.49. The highest BCUT2D eigenvalue weighted by Gasteiger charge is 2.45. The van der Waals surface area contributed by atoms with Crippen molar-refractivity contribution in [2.75, 3.05) is 14.2 Å². The van der Waals surface area contributed by atoms with Crippen LogP contribution in [0.15, 0.2) is 28.8 Å². The molecule has 1 saturated carbocycles. The molecule has 0 saturated heterocycles. The van der Waals surface area contributed by atoms with Crippen LogP contribution in [0.1, 0.15) is 58.7 Å². The zero-order valence-electron chi connectivity index (χ0n) is 19.2. The van der Waals surface area contributed by atoms with Gasteiger partial charge in [0.15, 0.2) is 23.1 Å². The number of rotatable bonds is 7. The van der Waals surface area contributed by atoms with Crippen LogP contribution in [0.2, 0.25) is 0 Å². The van der Waals surface area contributed by atoms with Crippen LogP contribution in [0.25, 0.3) is 5.82 Å². The van der Waals surface area contributed by atoms with Crippen LogP contribution < -0.4 is 9.47 Å². The zero-order chi connectivity index (χ0) is 23.1. The molecule has 1 aromatic carbocycles. The SMILES string of the molecule is COc1ccc(Cc2nc(C)nn2-c2cc(C3CC3c3nc(C)no3)nc(C)n2)cc1OC. The fraction of sp³-hybridized carbons (Fsp3) is 0.391. The molecule has 3 aromatic heterocycles. The number of benzene rings is 1. The summed E-state index contributed by atoms with van der Waals surface area (Å²) in [7, 11) is 3.25. The quantitative estimate of drug-likeness (QED) is 0.421. The Morgan fingerprint density at radius 3 is 2.45 bits per heavy atom. The van der Waals surface area contributed by atoms with Gasteiger partial charge in [-0.15, -0.1) is 5.10 Å². The van der Waals surface area contributed by atoms with E-state index >= 15 is 0 Å². The van der Waals surface area contributed by atoms with Crippen LogP contribution >= 0.6 is 0 Å². The molecular weight excluding hydrogens is 422 g/mol. The van der Waals surface area contributed by atoms with Gasteiger partial charge in [-0.1, -0.05) is 11.2 Å². The molecule has 1 fully saturated rings. The van der Waals surface area contributed by atoms with Crippen molar-refractivity contribution in [2.24, 2.45) is 0 Å². The number of hydrogen-bond acceptors (Lipinski definition) is 9. The molecule has 10 heteroatoms. The van der Waals surface area contributed by atoms with E-state index in [1.807, 2.05) is 45.0 Å². The molecule has 5 rings (SSSR count). The molecule has 0 radical (unpaired) electrons. The predicted molar refractivity (Wildman–Crippen MR) is 118 cm³/mol. The highest BCUT2D eigenvalue weighted by molar-refractivity contribution is 5.44. The first kappa shape index (κ1) is 21.0. The van der Waals surface area contributed by atoms with Gasteiger partial charge in [-0.2, -0.15) is 9.67 Å². The Hall–Kier alpha value is -3.82. The van der Waals surface area contributed by atoms with Gasteiger partial charge in [0.25, 0.3) is 0 Å². The summed E-state index contributed by atoms with van der Waals surface area (Å²) in [5.74, 6) is 5.92. The van der Waals surface area contributed by atoms with Crippen molar-refractivity contribution >= 4 is 0 Å². The molecule has 0 amide bonds. The largest absolute Gasteiger partial charge is 0.493 e. The fourth-order valence-electron chi connectivity index (χ4n) is 4.06. The summed E-state index contributed by atoms with van der Waals surface area (Å²) in [4.78, 5) is 18.3. The fourth-order valence-corrected chi connectivity index (χ4v) is 4.06. The molecule has 33 heavy (non-hydrogen) atoms. The van der Waals surface area contributed by atoms with Gasteiger partial charge in [0.2, 0.25) is 5.89 Å². The van der Waals surface area contributed by atoms with E-state index < -0.39 is 0 Å². The average Bonchev–Trinajstić information content (AvgIpc) is 3.35. The Kier molecular flexibility index (Phi) is 5.27. The number of aryl methyl sites for hydroxylation is 3. The molecule has 1 aliphatic rings. The van der Waals surface area contributed by atoms with Gasteiger partial charge in [0, 0.05) is 24.3 Å². The van der Waals surface area contributed by atoms with E-state index in [0.717, 1.165) is 23.5 Å². The lowest BCUT2D eigenvalue weighted by Gasteiger charge is -2.11. The van der Waals surface area contributed by atoms with Gasteiger partial charge in [0.05, 0.1) is 19.9 Å². The average molecular weight is 447 g/mol. The van der Waals surface area contributed by atoms with Gasteiger partial charge in [-0.05, 0) is 44.9 Å². The van der Waals surface area contributed by atoms with Gasteiger partial charge in [-0.25, -0.2) is 15.0 Å². The maximum Gasteiger partial charge on any atom is 0.230 e. The molecule has 0 bridgehead atoms. The Labute approximate surface area is 191 Å². The normalized spacial score (nSPS) is 17.2. The van der Waals surface area contributed by atoms with E-state index in [1.165, 1.54) is 0 Å². The second-order valence-electron chi connectivity index (χ2n) is 8.18. The maximum atomic E-state index is 5.44. The highest BCUT2D eigenvalue weighted by atomic mass is 16.5. The zero-order valence-corrected chi connectivity index (χ0v) is 19.2. The summed E-state index contributed by atoms with van der Waals surface area (Å²) in [5, 5.41) is 8.52. The number of hydrogen-bond donors (Lipinski definition) is 0. The van der Waals surface area contributed by atoms with Crippen molar-refractivity contribution in [1.29, 1.82) is 0 Å². The third-order valence-corrected chi connectivity index (χ3v) is 5.68. The standard InChI is InChI=1S/C23H25N7O3/c1-12-24-18(16-10-17(16)23-27-14(3)29-33-23)11-22(25-12)30-21(26-13(2)28-30)9-15-6-7-19(31-4)20(8-15)32-5/h6-8,11,16-17H,9-10H2,1-5H3. The van der Waals surface area contributed by atoms with E-state index in [2.05, 4.69) is 30.2 Å². The number of nitrogens with zero attached hydrogens (tertiary/aromatic N) is 7. The van der Waals surface area contributed by atoms with Gasteiger partial charge >= 0.3 is 0 Å². The summed E-state index contributed by atoms with van der Waals surface area (Å²) in [6.45, 7) is 5.59. The van der Waals surface area contributed by atoms with Crippen molar-refractivity contribution in [2.45, 2.75) is 45.4 Å². The minimum absolute atomic E-state index is 0.192. The molecule has 170 valence electrons. The topological polar surface area (TPSA) is 114 Å². The third-order valence-electron chi connectivity index (χ3n) is 5.68. The molecular formula is C23H25N7O3. The van der Waals surface area contributed by atoms with Crippen LogP contribution in [0, 0.1) is 20.8 Å². The summed E-state index contributed by atoms with van der Waals surface area (Å²) in [6, 6.07) is 7.81. The van der Waals surface area contributed by atoms with Gasteiger partial charge in [0.1, 0.15) is 17.5 Å². The molecule has 10 nitrogen and oxygen atoms in total. The second-order valence-corrected chi connectivity index (χ2v) is 8.18. The highest BCUT2D eigenvalue weighted by Crippen LogP contribution is 2.53. The Bertz CT molecular complexity index is 1310. The van der Waals surface area contributed by atoms with Gasteiger partial charge < -0.3 is 14.0 Å². The molecule has 2 atom stereocenters. The lowest BCUT2D eigenvalue weighted by molar-refractivity contribution is 0.354. The van der Waals surface area contributed by atoms with E-state index in [0.29, 0.717) is 47.1 Å². The Morgan fingerprint density at radius 2 is 1.73 bits per heavy atom. The van der Waals surface area contributed by atoms with E-state index in [9.17, 15) is 0 Å². The third kappa shape index (κ3) is 4.15. The molecule has 3 heterocycles. The first-order chi connectivity index (χ1) is 15.9. The molecule has 0 aliphatic heterocycles. The van der Waals surface area contributed by atoms with Crippen LogP contribution in [0.3, 0.4) is 0 Å². The monoisotopic (exact) mass is 447 g/mol. The number of aromatic nitrogens is 7.